The number of rotatable bonds is 0. The standard InChI is InChI=1S/C21H24N2/c1-15-22-13-17(14-23-15)7-6-16-8-9-18-19(12-16)21(4,5)11-10-20(18,2)3/h8-9,12-14H,10-11H2,1-5H3. The van der Waals surface area contributed by atoms with Crippen LogP contribution >= 0.6 is 0 Å². The van der Waals surface area contributed by atoms with Gasteiger partial charge in [0.25, 0.3) is 0 Å². The van der Waals surface area contributed by atoms with E-state index in [9.17, 15) is 0 Å². The Morgan fingerprint density at radius 3 is 2.04 bits per heavy atom. The molecule has 1 aliphatic carbocycles. The topological polar surface area (TPSA) is 25.8 Å². The van der Waals surface area contributed by atoms with E-state index in [4.69, 9.17) is 0 Å². The highest BCUT2D eigenvalue weighted by Gasteiger charge is 2.36. The molecular formula is C21H24N2. The summed E-state index contributed by atoms with van der Waals surface area (Å²) in [5, 5.41) is 0. The van der Waals surface area contributed by atoms with Crippen molar-refractivity contribution >= 4 is 0 Å². The van der Waals surface area contributed by atoms with Gasteiger partial charge in [-0.2, -0.15) is 0 Å². The second-order valence-electron chi connectivity index (χ2n) is 7.80. The van der Waals surface area contributed by atoms with Gasteiger partial charge >= 0.3 is 0 Å². The average molecular weight is 304 g/mol. The Hall–Kier alpha value is -2.14. The quantitative estimate of drug-likeness (QED) is 0.668. The highest BCUT2D eigenvalue weighted by molar-refractivity contribution is 5.49. The maximum Gasteiger partial charge on any atom is 0.125 e. The Morgan fingerprint density at radius 2 is 1.39 bits per heavy atom. The molecule has 0 spiro atoms. The molecule has 3 rings (SSSR count). The third-order valence-electron chi connectivity index (χ3n) is 4.98. The number of hydrogen-bond donors (Lipinski definition) is 0. The molecule has 0 amide bonds. The summed E-state index contributed by atoms with van der Waals surface area (Å²) < 4.78 is 0. The molecular weight excluding hydrogens is 280 g/mol. The second kappa shape index (κ2) is 5.49. The largest absolute Gasteiger partial charge is 0.240 e. The molecule has 0 saturated heterocycles. The highest BCUT2D eigenvalue weighted by atomic mass is 14.8. The summed E-state index contributed by atoms with van der Waals surface area (Å²) in [6.07, 6.45) is 6.01. The van der Waals surface area contributed by atoms with Crippen LogP contribution in [0.3, 0.4) is 0 Å². The number of aromatic nitrogens is 2. The molecule has 0 saturated carbocycles. The van der Waals surface area contributed by atoms with Gasteiger partial charge in [0.15, 0.2) is 0 Å². The van der Waals surface area contributed by atoms with Crippen molar-refractivity contribution in [2.45, 2.75) is 58.3 Å². The molecule has 2 nitrogen and oxygen atoms in total. The van der Waals surface area contributed by atoms with Gasteiger partial charge in [-0.1, -0.05) is 45.6 Å². The van der Waals surface area contributed by atoms with Crippen LogP contribution in [0.15, 0.2) is 30.6 Å². The Labute approximate surface area is 139 Å². The van der Waals surface area contributed by atoms with Crippen LogP contribution in [0.25, 0.3) is 0 Å². The predicted octanol–water partition coefficient (Wildman–Crippen LogP) is 4.53. The minimum absolute atomic E-state index is 0.218. The average Bonchev–Trinajstić information content (AvgIpc) is 2.51. The van der Waals surface area contributed by atoms with Crippen molar-refractivity contribution in [3.05, 3.63) is 58.7 Å². The summed E-state index contributed by atoms with van der Waals surface area (Å²) in [5.41, 5.74) is 5.30. The fraction of sp³-hybridized carbons (Fsp3) is 0.429. The van der Waals surface area contributed by atoms with Gasteiger partial charge in [0.1, 0.15) is 5.82 Å². The lowest BCUT2D eigenvalue weighted by molar-refractivity contribution is 0.332. The van der Waals surface area contributed by atoms with Crippen molar-refractivity contribution in [2.24, 2.45) is 0 Å². The van der Waals surface area contributed by atoms with Gasteiger partial charge in [-0.05, 0) is 53.9 Å². The van der Waals surface area contributed by atoms with Crippen molar-refractivity contribution in [2.75, 3.05) is 0 Å². The predicted molar refractivity (Wildman–Crippen MR) is 94.5 cm³/mol. The van der Waals surface area contributed by atoms with Crippen molar-refractivity contribution in [1.82, 2.24) is 9.97 Å². The van der Waals surface area contributed by atoms with Gasteiger partial charge in [-0.25, -0.2) is 9.97 Å². The maximum absolute atomic E-state index is 4.19. The van der Waals surface area contributed by atoms with Gasteiger partial charge < -0.3 is 0 Å². The van der Waals surface area contributed by atoms with Gasteiger partial charge in [0.05, 0.1) is 5.56 Å². The van der Waals surface area contributed by atoms with E-state index in [-0.39, 0.29) is 10.8 Å². The third-order valence-corrected chi connectivity index (χ3v) is 4.98. The van der Waals surface area contributed by atoms with E-state index in [1.165, 1.54) is 24.0 Å². The molecule has 0 unspecified atom stereocenters. The lowest BCUT2D eigenvalue weighted by atomic mass is 9.63. The van der Waals surface area contributed by atoms with Crippen molar-refractivity contribution in [1.29, 1.82) is 0 Å². The SMILES string of the molecule is Cc1ncc(C#Cc2ccc3c(c2)C(C)(C)CCC3(C)C)cn1. The zero-order valence-electron chi connectivity index (χ0n) is 14.7. The number of benzene rings is 1. The van der Waals surface area contributed by atoms with Crippen LogP contribution in [-0.4, -0.2) is 9.97 Å². The fourth-order valence-electron chi connectivity index (χ4n) is 3.27. The first kappa shape index (κ1) is 15.7. The fourth-order valence-corrected chi connectivity index (χ4v) is 3.27. The van der Waals surface area contributed by atoms with Crippen molar-refractivity contribution in [3.63, 3.8) is 0 Å². The van der Waals surface area contributed by atoms with E-state index >= 15 is 0 Å². The number of fused-ring (bicyclic) bond motifs is 1. The van der Waals surface area contributed by atoms with Crippen LogP contribution in [0, 0.1) is 18.8 Å². The van der Waals surface area contributed by atoms with Crippen molar-refractivity contribution < 1.29 is 0 Å². The molecule has 0 N–H and O–H groups in total. The Balaban J connectivity index is 1.99. The zero-order valence-corrected chi connectivity index (χ0v) is 14.7. The van der Waals surface area contributed by atoms with Crippen molar-refractivity contribution in [3.8, 4) is 11.8 Å². The summed E-state index contributed by atoms with van der Waals surface area (Å²) in [6.45, 7) is 11.2. The Morgan fingerprint density at radius 1 is 0.826 bits per heavy atom. The van der Waals surface area contributed by atoms with Gasteiger partial charge in [-0.15, -0.1) is 0 Å². The van der Waals surface area contributed by atoms with E-state index in [2.05, 4.69) is 67.7 Å². The van der Waals surface area contributed by atoms with Crippen LogP contribution in [-0.2, 0) is 10.8 Å². The third kappa shape index (κ3) is 3.15. The molecule has 0 atom stereocenters. The van der Waals surface area contributed by atoms with Crippen LogP contribution < -0.4 is 0 Å². The molecule has 1 heterocycles. The molecule has 23 heavy (non-hydrogen) atoms. The van der Waals surface area contributed by atoms with E-state index in [0.717, 1.165) is 17.0 Å². The molecule has 2 aromatic rings. The first-order valence-corrected chi connectivity index (χ1v) is 8.24. The molecule has 1 aromatic carbocycles. The molecule has 118 valence electrons. The van der Waals surface area contributed by atoms with E-state index in [1.807, 2.05) is 6.92 Å². The smallest absolute Gasteiger partial charge is 0.125 e. The van der Waals surface area contributed by atoms with Gasteiger partial charge in [0, 0.05) is 18.0 Å². The maximum atomic E-state index is 4.19. The lowest BCUT2D eigenvalue weighted by Gasteiger charge is -2.41. The molecule has 1 aromatic heterocycles. The molecule has 0 radical (unpaired) electrons. The molecule has 0 aliphatic heterocycles. The minimum Gasteiger partial charge on any atom is -0.240 e. The van der Waals surface area contributed by atoms with Gasteiger partial charge in [0.2, 0.25) is 0 Å². The normalized spacial score (nSPS) is 17.8. The summed E-state index contributed by atoms with van der Waals surface area (Å²) >= 11 is 0. The van der Waals surface area contributed by atoms with E-state index in [1.54, 1.807) is 12.4 Å². The lowest BCUT2D eigenvalue weighted by Crippen LogP contribution is -2.33. The van der Waals surface area contributed by atoms with E-state index in [0.29, 0.717) is 0 Å². The molecule has 1 aliphatic rings. The Bertz CT molecular complexity index is 787. The van der Waals surface area contributed by atoms with Crippen LogP contribution in [0.1, 0.15) is 68.6 Å². The van der Waals surface area contributed by atoms with Gasteiger partial charge in [-0.3, -0.25) is 0 Å². The van der Waals surface area contributed by atoms with E-state index < -0.39 is 0 Å². The molecule has 0 fully saturated rings. The monoisotopic (exact) mass is 304 g/mol. The highest BCUT2D eigenvalue weighted by Crippen LogP contribution is 2.45. The van der Waals surface area contributed by atoms with Crippen LogP contribution in [0.2, 0.25) is 0 Å². The first-order chi connectivity index (χ1) is 10.8. The van der Waals surface area contributed by atoms with Crippen LogP contribution in [0.4, 0.5) is 0 Å². The number of aryl methyl sites for hydroxylation is 1. The molecule has 0 bridgehead atoms. The van der Waals surface area contributed by atoms with Crippen LogP contribution in [0.5, 0.6) is 0 Å². The summed E-state index contributed by atoms with van der Waals surface area (Å²) in [6, 6.07) is 6.69. The zero-order chi connectivity index (χ0) is 16.7. The number of nitrogens with zero attached hydrogens (tertiary/aromatic N) is 2. The summed E-state index contributed by atoms with van der Waals surface area (Å²) in [5.74, 6) is 7.21. The summed E-state index contributed by atoms with van der Waals surface area (Å²) in [7, 11) is 0. The Kier molecular flexibility index (Phi) is 3.76. The minimum atomic E-state index is 0.218. The summed E-state index contributed by atoms with van der Waals surface area (Å²) in [4.78, 5) is 8.38. The first-order valence-electron chi connectivity index (χ1n) is 8.24. The number of hydrogen-bond acceptors (Lipinski definition) is 2. The molecule has 2 heteroatoms. The second-order valence-corrected chi connectivity index (χ2v) is 7.80.